The van der Waals surface area contributed by atoms with Gasteiger partial charge in [-0.3, -0.25) is 0 Å². The molecule has 3 rings (SSSR count). The summed E-state index contributed by atoms with van der Waals surface area (Å²) in [7, 11) is 0. The fraction of sp³-hybridized carbons (Fsp3) is 0.533. The van der Waals surface area contributed by atoms with Crippen LogP contribution < -0.4 is 4.74 Å². The van der Waals surface area contributed by atoms with Crippen LogP contribution in [0, 0.1) is 6.92 Å². The zero-order chi connectivity index (χ0) is 13.9. The number of esters is 1. The molecule has 19 heavy (non-hydrogen) atoms. The fourth-order valence-corrected chi connectivity index (χ4v) is 3.54. The largest absolute Gasteiger partial charge is 0.504 e. The highest BCUT2D eigenvalue weighted by atomic mass is 16.6. The third kappa shape index (κ3) is 1.46. The molecule has 4 heteroatoms. The Bertz CT molecular complexity index is 587. The molecule has 0 bridgehead atoms. The van der Waals surface area contributed by atoms with Crippen LogP contribution >= 0.6 is 0 Å². The van der Waals surface area contributed by atoms with Crippen molar-refractivity contribution >= 4 is 5.97 Å². The molecule has 1 aliphatic heterocycles. The highest BCUT2D eigenvalue weighted by Crippen LogP contribution is 2.52. The molecule has 1 unspecified atom stereocenters. The van der Waals surface area contributed by atoms with Gasteiger partial charge in [0.15, 0.2) is 17.1 Å². The van der Waals surface area contributed by atoms with Gasteiger partial charge in [-0.1, -0.05) is 6.92 Å². The lowest BCUT2D eigenvalue weighted by atomic mass is 9.77. The van der Waals surface area contributed by atoms with E-state index in [0.29, 0.717) is 11.5 Å². The zero-order valence-corrected chi connectivity index (χ0v) is 11.4. The maximum atomic E-state index is 11.8. The molecule has 4 nitrogen and oxygen atoms in total. The van der Waals surface area contributed by atoms with Crippen LogP contribution in [0.5, 0.6) is 11.5 Å². The SMILES string of the molecule is Cc1c2c(c(O)c3c1C(C)(O)C(=O)O3)CCC[C@@H]2C. The Hall–Kier alpha value is -1.55. The Balaban J connectivity index is 2.36. The number of hydrogen-bond acceptors (Lipinski definition) is 4. The molecule has 102 valence electrons. The van der Waals surface area contributed by atoms with Crippen LogP contribution in [0.2, 0.25) is 0 Å². The van der Waals surface area contributed by atoms with Crippen LogP contribution in [0.4, 0.5) is 0 Å². The summed E-state index contributed by atoms with van der Waals surface area (Å²) in [6.45, 7) is 5.44. The van der Waals surface area contributed by atoms with Gasteiger partial charge in [0.1, 0.15) is 0 Å². The molecule has 0 radical (unpaired) electrons. The van der Waals surface area contributed by atoms with Crippen molar-refractivity contribution < 1.29 is 19.7 Å². The number of fused-ring (bicyclic) bond motifs is 2. The predicted octanol–water partition coefficient (Wildman–Crippen LogP) is 2.27. The molecule has 2 N–H and O–H groups in total. The number of carbonyl (C=O) groups excluding carboxylic acids is 1. The number of aliphatic hydroxyl groups is 1. The molecule has 1 aromatic rings. The first kappa shape index (κ1) is 12.5. The van der Waals surface area contributed by atoms with E-state index < -0.39 is 11.6 Å². The number of benzene rings is 1. The van der Waals surface area contributed by atoms with Gasteiger partial charge < -0.3 is 14.9 Å². The third-order valence-corrected chi connectivity index (χ3v) is 4.47. The van der Waals surface area contributed by atoms with E-state index in [1.165, 1.54) is 6.92 Å². The maximum Gasteiger partial charge on any atom is 0.348 e. The van der Waals surface area contributed by atoms with Gasteiger partial charge in [0.25, 0.3) is 0 Å². The van der Waals surface area contributed by atoms with Crippen molar-refractivity contribution in [3.63, 3.8) is 0 Å². The number of phenols is 1. The Morgan fingerprint density at radius 2 is 2.11 bits per heavy atom. The normalized spacial score (nSPS) is 28.8. The van der Waals surface area contributed by atoms with E-state index in [1.807, 2.05) is 6.92 Å². The number of hydrogen-bond donors (Lipinski definition) is 2. The van der Waals surface area contributed by atoms with Gasteiger partial charge in [-0.15, -0.1) is 0 Å². The molecule has 0 fully saturated rings. The molecule has 1 aromatic carbocycles. The van der Waals surface area contributed by atoms with Gasteiger partial charge in [-0.25, -0.2) is 4.79 Å². The molecule has 1 heterocycles. The van der Waals surface area contributed by atoms with Crippen LogP contribution in [-0.2, 0) is 16.8 Å². The lowest BCUT2D eigenvalue weighted by molar-refractivity contribution is -0.150. The minimum absolute atomic E-state index is 0.0354. The highest BCUT2D eigenvalue weighted by molar-refractivity contribution is 5.91. The lowest BCUT2D eigenvalue weighted by Gasteiger charge is -2.28. The fourth-order valence-electron chi connectivity index (χ4n) is 3.54. The Morgan fingerprint density at radius 3 is 2.79 bits per heavy atom. The van der Waals surface area contributed by atoms with E-state index in [2.05, 4.69) is 6.92 Å². The molecule has 0 saturated carbocycles. The summed E-state index contributed by atoms with van der Waals surface area (Å²) in [6.07, 6.45) is 2.87. The van der Waals surface area contributed by atoms with Crippen molar-refractivity contribution in [2.45, 2.75) is 51.6 Å². The molecule has 0 amide bonds. The van der Waals surface area contributed by atoms with E-state index >= 15 is 0 Å². The second-order valence-electron chi connectivity index (χ2n) is 5.82. The van der Waals surface area contributed by atoms with E-state index in [9.17, 15) is 15.0 Å². The van der Waals surface area contributed by atoms with Crippen LogP contribution in [0.25, 0.3) is 0 Å². The van der Waals surface area contributed by atoms with E-state index in [1.54, 1.807) is 0 Å². The molecule has 0 aromatic heterocycles. The number of ether oxygens (including phenoxy) is 1. The van der Waals surface area contributed by atoms with Gasteiger partial charge >= 0.3 is 5.97 Å². The summed E-state index contributed by atoms with van der Waals surface area (Å²) in [5, 5.41) is 20.7. The van der Waals surface area contributed by atoms with Crippen molar-refractivity contribution in [3.8, 4) is 11.5 Å². The van der Waals surface area contributed by atoms with Crippen molar-refractivity contribution in [3.05, 3.63) is 22.3 Å². The number of phenolic OH excluding ortho intramolecular Hbond substituents is 1. The molecule has 0 spiro atoms. The standard InChI is InChI=1S/C15H18O4/c1-7-5-4-6-9-10(7)8(2)11-13(12(9)16)19-14(17)15(11,3)18/h7,16,18H,4-6H2,1-3H3/t7-,15?/m0/s1. The monoisotopic (exact) mass is 262 g/mol. The molecular formula is C15H18O4. The Morgan fingerprint density at radius 1 is 1.42 bits per heavy atom. The van der Waals surface area contributed by atoms with Gasteiger partial charge in [0, 0.05) is 11.1 Å². The number of rotatable bonds is 0. The first-order valence-electron chi connectivity index (χ1n) is 6.69. The van der Waals surface area contributed by atoms with Crippen LogP contribution in [0.15, 0.2) is 0 Å². The van der Waals surface area contributed by atoms with Gasteiger partial charge in [-0.05, 0) is 50.2 Å². The van der Waals surface area contributed by atoms with Crippen molar-refractivity contribution in [2.75, 3.05) is 0 Å². The summed E-state index contributed by atoms with van der Waals surface area (Å²) in [5.41, 5.74) is 1.60. The Labute approximate surface area is 112 Å². The van der Waals surface area contributed by atoms with Gasteiger partial charge in [0.05, 0.1) is 0 Å². The highest BCUT2D eigenvalue weighted by Gasteiger charge is 2.48. The maximum absolute atomic E-state index is 11.8. The number of aromatic hydroxyl groups is 1. The van der Waals surface area contributed by atoms with E-state index in [0.717, 1.165) is 36.0 Å². The van der Waals surface area contributed by atoms with Crippen LogP contribution in [0.3, 0.4) is 0 Å². The third-order valence-electron chi connectivity index (χ3n) is 4.47. The molecule has 2 aliphatic rings. The van der Waals surface area contributed by atoms with E-state index in [4.69, 9.17) is 4.74 Å². The average Bonchev–Trinajstić information content (AvgIpc) is 2.58. The predicted molar refractivity (Wildman–Crippen MR) is 69.4 cm³/mol. The summed E-state index contributed by atoms with van der Waals surface area (Å²) in [6, 6.07) is 0. The summed E-state index contributed by atoms with van der Waals surface area (Å²) in [5.74, 6) is -0.198. The number of carbonyl (C=O) groups is 1. The second kappa shape index (κ2) is 3.73. The van der Waals surface area contributed by atoms with Gasteiger partial charge in [-0.2, -0.15) is 0 Å². The second-order valence-corrected chi connectivity index (χ2v) is 5.82. The van der Waals surface area contributed by atoms with Gasteiger partial charge in [0.2, 0.25) is 0 Å². The van der Waals surface area contributed by atoms with Crippen molar-refractivity contribution in [2.24, 2.45) is 0 Å². The van der Waals surface area contributed by atoms with Crippen molar-refractivity contribution in [1.29, 1.82) is 0 Å². The molecule has 2 atom stereocenters. The first-order chi connectivity index (χ1) is 8.85. The smallest absolute Gasteiger partial charge is 0.348 e. The van der Waals surface area contributed by atoms with Crippen LogP contribution in [-0.4, -0.2) is 16.2 Å². The summed E-state index contributed by atoms with van der Waals surface area (Å²) >= 11 is 0. The quantitative estimate of drug-likeness (QED) is 0.556. The van der Waals surface area contributed by atoms with Crippen molar-refractivity contribution in [1.82, 2.24) is 0 Å². The molecule has 0 saturated heterocycles. The molecular weight excluding hydrogens is 244 g/mol. The first-order valence-corrected chi connectivity index (χ1v) is 6.69. The minimum Gasteiger partial charge on any atom is -0.504 e. The van der Waals surface area contributed by atoms with Crippen LogP contribution in [0.1, 0.15) is 54.9 Å². The Kier molecular flexibility index (Phi) is 2.45. The lowest BCUT2D eigenvalue weighted by Crippen LogP contribution is -2.30. The van der Waals surface area contributed by atoms with E-state index in [-0.39, 0.29) is 11.5 Å². The average molecular weight is 262 g/mol. The minimum atomic E-state index is -1.66. The summed E-state index contributed by atoms with van der Waals surface area (Å²) < 4.78 is 5.10. The summed E-state index contributed by atoms with van der Waals surface area (Å²) in [4.78, 5) is 11.8. The molecule has 1 aliphatic carbocycles. The topological polar surface area (TPSA) is 66.8 Å². The zero-order valence-electron chi connectivity index (χ0n) is 11.4.